The van der Waals surface area contributed by atoms with Crippen LogP contribution in [0.4, 0.5) is 4.79 Å². The zero-order valence-corrected chi connectivity index (χ0v) is 20.0. The molecule has 0 bridgehead atoms. The predicted octanol–water partition coefficient (Wildman–Crippen LogP) is 4.43. The molecule has 1 aliphatic carbocycles. The number of rotatable bonds is 8. The third-order valence-electron chi connectivity index (χ3n) is 7.18. The second-order valence-corrected chi connectivity index (χ2v) is 9.38. The lowest BCUT2D eigenvalue weighted by atomic mass is 9.87. The van der Waals surface area contributed by atoms with E-state index >= 15 is 0 Å². The second-order valence-electron chi connectivity index (χ2n) is 9.38. The molecular formula is C28H32N2O5. The lowest BCUT2D eigenvalue weighted by Crippen LogP contribution is -2.53. The van der Waals surface area contributed by atoms with Gasteiger partial charge in [0.1, 0.15) is 12.6 Å². The molecule has 2 aliphatic rings. The number of hydrogen-bond donors (Lipinski definition) is 2. The summed E-state index contributed by atoms with van der Waals surface area (Å²) in [6.07, 6.45) is 2.55. The van der Waals surface area contributed by atoms with Gasteiger partial charge in [-0.15, -0.1) is 6.58 Å². The normalized spacial score (nSPS) is 19.9. The number of allylic oxidation sites excluding steroid dienone is 1. The summed E-state index contributed by atoms with van der Waals surface area (Å²) in [5.41, 5.74) is 4.51. The minimum atomic E-state index is -0.901. The van der Waals surface area contributed by atoms with Crippen molar-refractivity contribution in [3.63, 3.8) is 0 Å². The van der Waals surface area contributed by atoms with Gasteiger partial charge in [0.15, 0.2) is 0 Å². The number of likely N-dealkylation sites (tertiary alicyclic amines) is 1. The summed E-state index contributed by atoms with van der Waals surface area (Å²) in [5.74, 6) is -1.86. The number of alkyl carbamates (subject to hydrolysis) is 1. The van der Waals surface area contributed by atoms with Crippen molar-refractivity contribution in [1.29, 1.82) is 0 Å². The molecule has 2 amide bonds. The summed E-state index contributed by atoms with van der Waals surface area (Å²) in [6.45, 7) is 6.38. The van der Waals surface area contributed by atoms with E-state index in [1.807, 2.05) is 43.3 Å². The molecule has 2 aromatic carbocycles. The van der Waals surface area contributed by atoms with Crippen LogP contribution in [0.2, 0.25) is 0 Å². The number of piperidine rings is 1. The highest BCUT2D eigenvalue weighted by Gasteiger charge is 2.36. The minimum Gasteiger partial charge on any atom is -0.481 e. The number of nitrogens with zero attached hydrogens (tertiary/aromatic N) is 1. The van der Waals surface area contributed by atoms with Gasteiger partial charge < -0.3 is 20.1 Å². The summed E-state index contributed by atoms with van der Waals surface area (Å²) < 4.78 is 5.62. The van der Waals surface area contributed by atoms with Gasteiger partial charge in [-0.05, 0) is 47.4 Å². The Bertz CT molecular complexity index is 1070. The molecule has 0 aromatic heterocycles. The van der Waals surface area contributed by atoms with E-state index in [-0.39, 0.29) is 30.9 Å². The Kier molecular flexibility index (Phi) is 7.54. The molecule has 0 spiro atoms. The molecule has 7 heteroatoms. The maximum atomic E-state index is 13.2. The molecule has 7 nitrogen and oxygen atoms in total. The van der Waals surface area contributed by atoms with Gasteiger partial charge in [0.25, 0.3) is 0 Å². The molecule has 3 atom stereocenters. The van der Waals surface area contributed by atoms with E-state index in [1.54, 1.807) is 11.0 Å². The van der Waals surface area contributed by atoms with Crippen LogP contribution in [0, 0.1) is 11.8 Å². The molecule has 1 aliphatic heterocycles. The number of carbonyl (C=O) groups is 3. The van der Waals surface area contributed by atoms with Gasteiger partial charge in [0.05, 0.1) is 5.92 Å². The number of aliphatic carboxylic acids is 1. The van der Waals surface area contributed by atoms with Crippen LogP contribution in [-0.4, -0.2) is 53.7 Å². The first kappa shape index (κ1) is 24.5. The van der Waals surface area contributed by atoms with Crippen molar-refractivity contribution in [3.05, 3.63) is 72.3 Å². The van der Waals surface area contributed by atoms with Gasteiger partial charge in [-0.2, -0.15) is 0 Å². The molecule has 2 aromatic rings. The Hall–Kier alpha value is -3.61. The van der Waals surface area contributed by atoms with Gasteiger partial charge in [0, 0.05) is 19.0 Å². The number of benzene rings is 2. The van der Waals surface area contributed by atoms with Gasteiger partial charge in [-0.1, -0.05) is 61.5 Å². The maximum absolute atomic E-state index is 13.2. The molecule has 0 saturated carbocycles. The Morgan fingerprint density at radius 2 is 1.77 bits per heavy atom. The number of carboxylic acid groups (broad SMARTS) is 1. The van der Waals surface area contributed by atoms with E-state index in [2.05, 4.69) is 24.0 Å². The molecule has 1 saturated heterocycles. The molecule has 1 heterocycles. The van der Waals surface area contributed by atoms with Crippen LogP contribution < -0.4 is 5.32 Å². The Balaban J connectivity index is 1.42. The summed E-state index contributed by atoms with van der Waals surface area (Å²) in [7, 11) is 0. The van der Waals surface area contributed by atoms with Crippen molar-refractivity contribution in [3.8, 4) is 11.1 Å². The second kappa shape index (κ2) is 10.8. The molecule has 35 heavy (non-hydrogen) atoms. The molecule has 0 radical (unpaired) electrons. The fourth-order valence-electron chi connectivity index (χ4n) is 5.14. The summed E-state index contributed by atoms with van der Waals surface area (Å²) in [5, 5.41) is 12.2. The SMILES string of the molecule is C=CCCC(NC(=O)OCC1c2ccccc2-c2ccccc21)C(=O)N1CCC(C)C(C(=O)O)C1. The fourth-order valence-corrected chi connectivity index (χ4v) is 5.14. The highest BCUT2D eigenvalue weighted by Crippen LogP contribution is 2.44. The molecule has 4 rings (SSSR count). The highest BCUT2D eigenvalue weighted by molar-refractivity contribution is 5.86. The van der Waals surface area contributed by atoms with Crippen molar-refractivity contribution >= 4 is 18.0 Å². The summed E-state index contributed by atoms with van der Waals surface area (Å²) in [4.78, 5) is 39.2. The Morgan fingerprint density at radius 3 is 2.37 bits per heavy atom. The van der Waals surface area contributed by atoms with E-state index in [0.29, 0.717) is 25.8 Å². The minimum absolute atomic E-state index is 0.00161. The van der Waals surface area contributed by atoms with Crippen LogP contribution in [0.25, 0.3) is 11.1 Å². The van der Waals surface area contributed by atoms with Gasteiger partial charge >= 0.3 is 12.1 Å². The topological polar surface area (TPSA) is 95.9 Å². The van der Waals surface area contributed by atoms with Gasteiger partial charge in [-0.25, -0.2) is 4.79 Å². The lowest BCUT2D eigenvalue weighted by Gasteiger charge is -2.36. The van der Waals surface area contributed by atoms with Crippen molar-refractivity contribution in [2.45, 2.75) is 38.1 Å². The highest BCUT2D eigenvalue weighted by atomic mass is 16.5. The zero-order chi connectivity index (χ0) is 24.9. The third kappa shape index (κ3) is 5.24. The first-order valence-electron chi connectivity index (χ1n) is 12.1. The number of fused-ring (bicyclic) bond motifs is 3. The van der Waals surface area contributed by atoms with Gasteiger partial charge in [-0.3, -0.25) is 9.59 Å². The van der Waals surface area contributed by atoms with Crippen molar-refractivity contribution in [2.24, 2.45) is 11.8 Å². The maximum Gasteiger partial charge on any atom is 0.407 e. The fraction of sp³-hybridized carbons (Fsp3) is 0.393. The molecule has 1 fully saturated rings. The largest absolute Gasteiger partial charge is 0.481 e. The number of amides is 2. The van der Waals surface area contributed by atoms with Crippen LogP contribution in [0.3, 0.4) is 0 Å². The first-order chi connectivity index (χ1) is 16.9. The van der Waals surface area contributed by atoms with Crippen molar-refractivity contribution < 1.29 is 24.2 Å². The van der Waals surface area contributed by atoms with Crippen LogP contribution in [0.15, 0.2) is 61.2 Å². The summed E-state index contributed by atoms with van der Waals surface area (Å²) >= 11 is 0. The quantitative estimate of drug-likeness (QED) is 0.550. The van der Waals surface area contributed by atoms with Crippen LogP contribution in [-0.2, 0) is 14.3 Å². The van der Waals surface area contributed by atoms with Gasteiger partial charge in [0.2, 0.25) is 5.91 Å². The van der Waals surface area contributed by atoms with E-state index in [0.717, 1.165) is 22.3 Å². The summed E-state index contributed by atoms with van der Waals surface area (Å²) in [6, 6.07) is 15.4. The van der Waals surface area contributed by atoms with E-state index in [4.69, 9.17) is 4.74 Å². The average Bonchev–Trinajstić information content (AvgIpc) is 3.18. The Labute approximate surface area is 205 Å². The number of nitrogens with one attached hydrogen (secondary N) is 1. The molecule has 2 N–H and O–H groups in total. The van der Waals surface area contributed by atoms with E-state index in [1.165, 1.54) is 0 Å². The third-order valence-corrected chi connectivity index (χ3v) is 7.18. The van der Waals surface area contributed by atoms with Crippen LogP contribution in [0.1, 0.15) is 43.2 Å². The number of carbonyl (C=O) groups excluding carboxylic acids is 2. The molecule has 3 unspecified atom stereocenters. The van der Waals surface area contributed by atoms with Crippen molar-refractivity contribution in [2.75, 3.05) is 19.7 Å². The van der Waals surface area contributed by atoms with Crippen LogP contribution >= 0.6 is 0 Å². The number of carboxylic acids is 1. The smallest absolute Gasteiger partial charge is 0.407 e. The molecule has 184 valence electrons. The average molecular weight is 477 g/mol. The first-order valence-corrected chi connectivity index (χ1v) is 12.1. The predicted molar refractivity (Wildman–Crippen MR) is 133 cm³/mol. The zero-order valence-electron chi connectivity index (χ0n) is 20.0. The standard InChI is InChI=1S/C28H32N2O5/c1-3-4-13-25(26(31)30-15-14-18(2)23(16-30)27(32)33)29-28(34)35-17-24-21-11-7-5-9-19(21)20-10-6-8-12-22(20)24/h3,5-12,18,23-25H,1,4,13-17H2,2H3,(H,29,34)(H,32,33). The number of hydrogen-bond acceptors (Lipinski definition) is 4. The van der Waals surface area contributed by atoms with E-state index < -0.39 is 24.0 Å². The lowest BCUT2D eigenvalue weighted by molar-refractivity contribution is -0.148. The van der Waals surface area contributed by atoms with E-state index in [9.17, 15) is 19.5 Å². The van der Waals surface area contributed by atoms with Crippen LogP contribution in [0.5, 0.6) is 0 Å². The number of ether oxygens (including phenoxy) is 1. The van der Waals surface area contributed by atoms with Crippen molar-refractivity contribution in [1.82, 2.24) is 10.2 Å². The monoisotopic (exact) mass is 476 g/mol. The molecular weight excluding hydrogens is 444 g/mol. The Morgan fingerprint density at radius 1 is 1.14 bits per heavy atom.